The fourth-order valence-corrected chi connectivity index (χ4v) is 3.12. The third-order valence-electron chi connectivity index (χ3n) is 4.32. The SMILES string of the molecule is CCCCC(CC)C(O)C1CCCCCC1. The minimum atomic E-state index is -0.0188. The first-order chi connectivity index (χ1) is 7.79. The number of hydrogen-bond donors (Lipinski definition) is 1. The molecule has 0 amide bonds. The summed E-state index contributed by atoms with van der Waals surface area (Å²) in [6, 6.07) is 0. The zero-order valence-electron chi connectivity index (χ0n) is 11.3. The second kappa shape index (κ2) is 8.11. The highest BCUT2D eigenvalue weighted by Gasteiger charge is 2.26. The summed E-state index contributed by atoms with van der Waals surface area (Å²) < 4.78 is 0. The Balaban J connectivity index is 2.41. The highest BCUT2D eigenvalue weighted by Crippen LogP contribution is 2.31. The van der Waals surface area contributed by atoms with E-state index < -0.39 is 0 Å². The topological polar surface area (TPSA) is 20.2 Å². The molecule has 96 valence electrons. The lowest BCUT2D eigenvalue weighted by Crippen LogP contribution is -2.28. The van der Waals surface area contributed by atoms with Gasteiger partial charge in [-0.25, -0.2) is 0 Å². The summed E-state index contributed by atoms with van der Waals surface area (Å²) in [6.07, 6.45) is 12.9. The zero-order chi connectivity index (χ0) is 11.8. The van der Waals surface area contributed by atoms with Crippen LogP contribution in [0.1, 0.15) is 78.1 Å². The first-order valence-electron chi connectivity index (χ1n) is 7.47. The van der Waals surface area contributed by atoms with Crippen molar-refractivity contribution in [1.29, 1.82) is 0 Å². The Morgan fingerprint density at radius 2 is 1.69 bits per heavy atom. The molecule has 0 heterocycles. The summed E-state index contributed by atoms with van der Waals surface area (Å²) in [5, 5.41) is 10.5. The van der Waals surface area contributed by atoms with Crippen LogP contribution in [0.4, 0.5) is 0 Å². The molecule has 1 heteroatoms. The Morgan fingerprint density at radius 3 is 2.19 bits per heavy atom. The lowest BCUT2D eigenvalue weighted by atomic mass is 9.82. The minimum Gasteiger partial charge on any atom is -0.393 e. The molecule has 0 saturated heterocycles. The molecule has 0 radical (unpaired) electrons. The molecular weight excluding hydrogens is 196 g/mol. The molecule has 0 aromatic heterocycles. The molecular formula is C15H30O. The molecule has 2 unspecified atom stereocenters. The Kier molecular flexibility index (Phi) is 7.11. The van der Waals surface area contributed by atoms with Gasteiger partial charge in [0.1, 0.15) is 0 Å². The summed E-state index contributed by atoms with van der Waals surface area (Å²) in [5.74, 6) is 1.16. The van der Waals surface area contributed by atoms with E-state index in [1.807, 2.05) is 0 Å². The van der Waals surface area contributed by atoms with Crippen LogP contribution in [0.5, 0.6) is 0 Å². The van der Waals surface area contributed by atoms with Crippen LogP contribution >= 0.6 is 0 Å². The molecule has 1 rings (SSSR count). The van der Waals surface area contributed by atoms with Crippen molar-refractivity contribution in [2.75, 3.05) is 0 Å². The Labute approximate surface area is 102 Å². The van der Waals surface area contributed by atoms with Crippen LogP contribution in [-0.4, -0.2) is 11.2 Å². The van der Waals surface area contributed by atoms with Crippen molar-refractivity contribution in [3.05, 3.63) is 0 Å². The van der Waals surface area contributed by atoms with Crippen LogP contribution < -0.4 is 0 Å². The van der Waals surface area contributed by atoms with Gasteiger partial charge in [0.25, 0.3) is 0 Å². The standard InChI is InChI=1S/C15H30O/c1-3-5-10-13(4-2)15(16)14-11-8-6-7-9-12-14/h13-16H,3-12H2,1-2H3. The van der Waals surface area contributed by atoms with Crippen LogP contribution in [-0.2, 0) is 0 Å². The third kappa shape index (κ3) is 4.45. The van der Waals surface area contributed by atoms with Crippen molar-refractivity contribution < 1.29 is 5.11 Å². The molecule has 0 aromatic rings. The maximum Gasteiger partial charge on any atom is 0.0596 e. The van der Waals surface area contributed by atoms with Gasteiger partial charge in [0.2, 0.25) is 0 Å². The van der Waals surface area contributed by atoms with E-state index in [0.717, 1.165) is 6.42 Å². The molecule has 2 atom stereocenters. The normalized spacial score (nSPS) is 22.7. The monoisotopic (exact) mass is 226 g/mol. The summed E-state index contributed by atoms with van der Waals surface area (Å²) in [6.45, 7) is 4.48. The average Bonchev–Trinajstić information content (AvgIpc) is 2.58. The Hall–Kier alpha value is -0.0400. The van der Waals surface area contributed by atoms with Gasteiger partial charge in [0.15, 0.2) is 0 Å². The average molecular weight is 226 g/mol. The fraction of sp³-hybridized carbons (Fsp3) is 1.00. The number of hydrogen-bond acceptors (Lipinski definition) is 1. The van der Waals surface area contributed by atoms with Gasteiger partial charge in [-0.3, -0.25) is 0 Å². The highest BCUT2D eigenvalue weighted by molar-refractivity contribution is 4.77. The van der Waals surface area contributed by atoms with Gasteiger partial charge in [0.05, 0.1) is 6.10 Å². The van der Waals surface area contributed by atoms with Crippen molar-refractivity contribution in [2.24, 2.45) is 11.8 Å². The van der Waals surface area contributed by atoms with E-state index in [2.05, 4.69) is 13.8 Å². The van der Waals surface area contributed by atoms with Crippen molar-refractivity contribution in [3.63, 3.8) is 0 Å². The summed E-state index contributed by atoms with van der Waals surface area (Å²) in [7, 11) is 0. The van der Waals surface area contributed by atoms with Crippen molar-refractivity contribution >= 4 is 0 Å². The predicted molar refractivity (Wildman–Crippen MR) is 70.5 cm³/mol. The zero-order valence-corrected chi connectivity index (χ0v) is 11.3. The second-order valence-electron chi connectivity index (χ2n) is 5.55. The molecule has 1 saturated carbocycles. The number of aliphatic hydroxyl groups is 1. The largest absolute Gasteiger partial charge is 0.393 e. The third-order valence-corrected chi connectivity index (χ3v) is 4.32. The van der Waals surface area contributed by atoms with Crippen molar-refractivity contribution in [3.8, 4) is 0 Å². The fourth-order valence-electron chi connectivity index (χ4n) is 3.12. The quantitative estimate of drug-likeness (QED) is 0.660. The van der Waals surface area contributed by atoms with Gasteiger partial charge in [-0.2, -0.15) is 0 Å². The summed E-state index contributed by atoms with van der Waals surface area (Å²) >= 11 is 0. The van der Waals surface area contributed by atoms with Crippen LogP contribution in [0.15, 0.2) is 0 Å². The predicted octanol–water partition coefficient (Wildman–Crippen LogP) is 4.53. The van der Waals surface area contributed by atoms with Gasteiger partial charge < -0.3 is 5.11 Å². The van der Waals surface area contributed by atoms with Crippen LogP contribution in [0.3, 0.4) is 0 Å². The Bertz CT molecular complexity index is 159. The Morgan fingerprint density at radius 1 is 1.06 bits per heavy atom. The first kappa shape index (κ1) is 14.0. The molecule has 1 N–H and O–H groups in total. The molecule has 1 nitrogen and oxygen atoms in total. The van der Waals surface area contributed by atoms with Gasteiger partial charge >= 0.3 is 0 Å². The molecule has 0 aromatic carbocycles. The van der Waals surface area contributed by atoms with E-state index in [4.69, 9.17) is 0 Å². The number of rotatable bonds is 6. The molecule has 0 aliphatic heterocycles. The smallest absolute Gasteiger partial charge is 0.0596 e. The first-order valence-corrected chi connectivity index (χ1v) is 7.47. The van der Waals surface area contributed by atoms with E-state index in [0.29, 0.717) is 11.8 Å². The molecule has 16 heavy (non-hydrogen) atoms. The van der Waals surface area contributed by atoms with E-state index >= 15 is 0 Å². The molecule has 0 spiro atoms. The van der Waals surface area contributed by atoms with Crippen molar-refractivity contribution in [2.45, 2.75) is 84.2 Å². The molecule has 1 aliphatic carbocycles. The van der Waals surface area contributed by atoms with E-state index in [1.165, 1.54) is 57.8 Å². The van der Waals surface area contributed by atoms with E-state index in [-0.39, 0.29) is 6.10 Å². The maximum absolute atomic E-state index is 10.5. The number of unbranched alkanes of at least 4 members (excludes halogenated alkanes) is 1. The van der Waals surface area contributed by atoms with Crippen LogP contribution in [0.25, 0.3) is 0 Å². The van der Waals surface area contributed by atoms with Crippen LogP contribution in [0.2, 0.25) is 0 Å². The maximum atomic E-state index is 10.5. The van der Waals surface area contributed by atoms with Gasteiger partial charge in [0, 0.05) is 0 Å². The van der Waals surface area contributed by atoms with Gasteiger partial charge in [-0.1, -0.05) is 58.8 Å². The lowest BCUT2D eigenvalue weighted by molar-refractivity contribution is 0.0367. The number of aliphatic hydroxyl groups excluding tert-OH is 1. The van der Waals surface area contributed by atoms with E-state index in [1.54, 1.807) is 0 Å². The molecule has 1 aliphatic rings. The minimum absolute atomic E-state index is 0.0188. The van der Waals surface area contributed by atoms with Crippen molar-refractivity contribution in [1.82, 2.24) is 0 Å². The van der Waals surface area contributed by atoms with Crippen LogP contribution in [0, 0.1) is 11.8 Å². The van der Waals surface area contributed by atoms with Gasteiger partial charge in [-0.05, 0) is 31.1 Å². The summed E-state index contributed by atoms with van der Waals surface area (Å²) in [4.78, 5) is 0. The summed E-state index contributed by atoms with van der Waals surface area (Å²) in [5.41, 5.74) is 0. The second-order valence-corrected chi connectivity index (χ2v) is 5.55. The highest BCUT2D eigenvalue weighted by atomic mass is 16.3. The van der Waals surface area contributed by atoms with Gasteiger partial charge in [-0.15, -0.1) is 0 Å². The molecule has 1 fully saturated rings. The van der Waals surface area contributed by atoms with E-state index in [9.17, 15) is 5.11 Å². The molecule has 0 bridgehead atoms. The lowest BCUT2D eigenvalue weighted by Gasteiger charge is -2.28.